The van der Waals surface area contributed by atoms with Crippen molar-refractivity contribution in [3.63, 3.8) is 0 Å². The highest BCUT2D eigenvalue weighted by Crippen LogP contribution is 2.42. The number of nitrogens with zero attached hydrogens (tertiary/aromatic N) is 3. The van der Waals surface area contributed by atoms with Gasteiger partial charge in [-0.25, -0.2) is 8.78 Å². The van der Waals surface area contributed by atoms with Crippen molar-refractivity contribution < 1.29 is 23.1 Å². The van der Waals surface area contributed by atoms with Crippen molar-refractivity contribution >= 4 is 11.8 Å². The fourth-order valence-corrected chi connectivity index (χ4v) is 3.75. The highest BCUT2D eigenvalue weighted by Gasteiger charge is 2.42. The molecule has 1 unspecified atom stereocenters. The maximum absolute atomic E-state index is 14.3. The normalized spacial score (nSPS) is 15.6. The average molecular weight is 424 g/mol. The molecular weight excluding hydrogens is 406 g/mol. The van der Waals surface area contributed by atoms with Gasteiger partial charge in [0.05, 0.1) is 11.6 Å². The van der Waals surface area contributed by atoms with E-state index in [9.17, 15) is 18.4 Å². The van der Waals surface area contributed by atoms with Gasteiger partial charge in [-0.05, 0) is 31.2 Å². The smallest absolute Gasteiger partial charge is 0.257 e. The average Bonchev–Trinajstić information content (AvgIpc) is 3.16. The third kappa shape index (κ3) is 3.70. The molecule has 0 aliphatic carbocycles. The number of fused-ring (bicyclic) bond motifs is 1. The fraction of sp³-hybridized carbons (Fsp3) is 0.182. The highest BCUT2D eigenvalue weighted by atomic mass is 19.1. The number of halogens is 2. The topological polar surface area (TPSA) is 98.4 Å². The van der Waals surface area contributed by atoms with Gasteiger partial charge < -0.3 is 15.4 Å². The molecule has 3 aromatic rings. The summed E-state index contributed by atoms with van der Waals surface area (Å²) in [5.74, 6) is -3.28. The monoisotopic (exact) mass is 424 g/mol. The van der Waals surface area contributed by atoms with E-state index < -0.39 is 35.5 Å². The van der Waals surface area contributed by atoms with Gasteiger partial charge in [0.25, 0.3) is 5.91 Å². The number of benzene rings is 1. The summed E-state index contributed by atoms with van der Waals surface area (Å²) in [5.41, 5.74) is 6.83. The zero-order chi connectivity index (χ0) is 22.1. The molecule has 158 valence electrons. The van der Waals surface area contributed by atoms with Gasteiger partial charge >= 0.3 is 0 Å². The molecule has 2 amide bonds. The molecule has 9 heteroatoms. The van der Waals surface area contributed by atoms with Crippen LogP contribution in [-0.4, -0.2) is 33.3 Å². The van der Waals surface area contributed by atoms with Crippen LogP contribution in [0.15, 0.2) is 55.0 Å². The Kier molecular flexibility index (Phi) is 5.33. The SMILES string of the molecule is Cc1ncccc1C(=O)N(C(C(N)=O)c1cccnc1)[C@@H]1COc2c(F)cc(F)cc21. The van der Waals surface area contributed by atoms with Crippen molar-refractivity contribution in [3.8, 4) is 5.75 Å². The summed E-state index contributed by atoms with van der Waals surface area (Å²) in [6.45, 7) is 1.47. The first-order valence-electron chi connectivity index (χ1n) is 9.43. The molecule has 2 atom stereocenters. The van der Waals surface area contributed by atoms with Crippen LogP contribution in [0.2, 0.25) is 0 Å². The first-order chi connectivity index (χ1) is 14.9. The third-order valence-corrected chi connectivity index (χ3v) is 5.14. The van der Waals surface area contributed by atoms with E-state index in [2.05, 4.69) is 9.97 Å². The number of hydrogen-bond donors (Lipinski definition) is 1. The summed E-state index contributed by atoms with van der Waals surface area (Å²) in [4.78, 5) is 35.6. The zero-order valence-corrected chi connectivity index (χ0v) is 16.5. The molecule has 1 aliphatic heterocycles. The van der Waals surface area contributed by atoms with Crippen molar-refractivity contribution in [1.29, 1.82) is 0 Å². The molecule has 7 nitrogen and oxygen atoms in total. The van der Waals surface area contributed by atoms with Gasteiger partial charge in [-0.1, -0.05) is 6.07 Å². The van der Waals surface area contributed by atoms with Gasteiger partial charge in [-0.15, -0.1) is 0 Å². The van der Waals surface area contributed by atoms with Crippen LogP contribution in [0.4, 0.5) is 8.78 Å². The zero-order valence-electron chi connectivity index (χ0n) is 16.5. The number of ether oxygens (including phenoxy) is 1. The molecule has 0 saturated heterocycles. The minimum Gasteiger partial charge on any atom is -0.488 e. The summed E-state index contributed by atoms with van der Waals surface area (Å²) in [7, 11) is 0. The number of nitrogens with two attached hydrogens (primary N) is 1. The fourth-order valence-electron chi connectivity index (χ4n) is 3.75. The summed E-state index contributed by atoms with van der Waals surface area (Å²) >= 11 is 0. The summed E-state index contributed by atoms with van der Waals surface area (Å²) in [6, 6.07) is 5.90. The molecular formula is C22H18F2N4O3. The molecule has 4 rings (SSSR count). The van der Waals surface area contributed by atoms with Crippen LogP contribution in [0.25, 0.3) is 0 Å². The van der Waals surface area contributed by atoms with E-state index in [1.165, 1.54) is 23.5 Å². The largest absolute Gasteiger partial charge is 0.488 e. The number of rotatable bonds is 5. The van der Waals surface area contributed by atoms with Crippen LogP contribution in [0, 0.1) is 18.6 Å². The Bertz CT molecular complexity index is 1160. The van der Waals surface area contributed by atoms with Crippen LogP contribution >= 0.6 is 0 Å². The van der Waals surface area contributed by atoms with Crippen LogP contribution in [0.3, 0.4) is 0 Å². The lowest BCUT2D eigenvalue weighted by Crippen LogP contribution is -2.44. The van der Waals surface area contributed by atoms with Crippen molar-refractivity contribution in [2.75, 3.05) is 6.61 Å². The quantitative estimate of drug-likeness (QED) is 0.679. The van der Waals surface area contributed by atoms with Crippen LogP contribution < -0.4 is 10.5 Å². The maximum Gasteiger partial charge on any atom is 0.257 e. The lowest BCUT2D eigenvalue weighted by Gasteiger charge is -2.34. The molecule has 2 N–H and O–H groups in total. The number of aryl methyl sites for hydroxylation is 1. The van der Waals surface area contributed by atoms with Crippen molar-refractivity contribution in [1.82, 2.24) is 14.9 Å². The number of carbonyl (C=O) groups is 2. The number of pyridine rings is 2. The molecule has 3 heterocycles. The second-order valence-corrected chi connectivity index (χ2v) is 7.07. The van der Waals surface area contributed by atoms with E-state index in [4.69, 9.17) is 10.5 Å². The van der Waals surface area contributed by atoms with Gasteiger partial charge in [-0.3, -0.25) is 19.6 Å². The molecule has 1 aromatic carbocycles. The van der Waals surface area contributed by atoms with Gasteiger partial charge in [0.15, 0.2) is 11.6 Å². The van der Waals surface area contributed by atoms with E-state index in [-0.39, 0.29) is 23.5 Å². The van der Waals surface area contributed by atoms with Crippen LogP contribution in [0.5, 0.6) is 5.75 Å². The minimum atomic E-state index is -1.26. The van der Waals surface area contributed by atoms with Gasteiger partial charge in [0.2, 0.25) is 5.91 Å². The second kappa shape index (κ2) is 8.10. The Labute approximate surface area is 176 Å². The number of aromatic nitrogens is 2. The van der Waals surface area contributed by atoms with E-state index in [0.29, 0.717) is 17.3 Å². The molecule has 0 radical (unpaired) electrons. The minimum absolute atomic E-state index is 0.113. The first kappa shape index (κ1) is 20.4. The Balaban J connectivity index is 1.90. The van der Waals surface area contributed by atoms with E-state index in [0.717, 1.165) is 6.07 Å². The lowest BCUT2D eigenvalue weighted by atomic mass is 9.98. The molecule has 0 bridgehead atoms. The predicted molar refractivity (Wildman–Crippen MR) is 106 cm³/mol. The highest BCUT2D eigenvalue weighted by molar-refractivity contribution is 5.98. The van der Waals surface area contributed by atoms with Gasteiger partial charge in [0, 0.05) is 41.5 Å². The predicted octanol–water partition coefficient (Wildman–Crippen LogP) is 2.87. The molecule has 2 aromatic heterocycles. The van der Waals surface area contributed by atoms with Crippen LogP contribution in [0.1, 0.15) is 39.3 Å². The molecule has 31 heavy (non-hydrogen) atoms. The standard InChI is InChI=1S/C22H18F2N4O3/c1-12-15(5-3-7-27-12)22(30)28(19(21(25)29)13-4-2-6-26-10-13)18-11-31-20-16(18)8-14(23)9-17(20)24/h2-10,18-19H,11H2,1H3,(H2,25,29)/t18-,19?/m1/s1. The Morgan fingerprint density at radius 1 is 1.23 bits per heavy atom. The Morgan fingerprint density at radius 2 is 2.00 bits per heavy atom. The molecule has 1 aliphatic rings. The van der Waals surface area contributed by atoms with Crippen LogP contribution in [-0.2, 0) is 4.79 Å². The summed E-state index contributed by atoms with van der Waals surface area (Å²) in [6.07, 6.45) is 4.45. The maximum atomic E-state index is 14.3. The van der Waals surface area contributed by atoms with Gasteiger partial charge in [-0.2, -0.15) is 0 Å². The third-order valence-electron chi connectivity index (χ3n) is 5.14. The van der Waals surface area contributed by atoms with Crippen molar-refractivity contribution in [2.45, 2.75) is 19.0 Å². The van der Waals surface area contributed by atoms with E-state index >= 15 is 0 Å². The van der Waals surface area contributed by atoms with Gasteiger partial charge in [0.1, 0.15) is 18.5 Å². The number of carbonyl (C=O) groups excluding carboxylic acids is 2. The lowest BCUT2D eigenvalue weighted by molar-refractivity contribution is -0.123. The van der Waals surface area contributed by atoms with E-state index in [1.807, 2.05) is 0 Å². The summed E-state index contributed by atoms with van der Waals surface area (Å²) in [5, 5.41) is 0. The summed E-state index contributed by atoms with van der Waals surface area (Å²) < 4.78 is 33.7. The number of primary amides is 1. The Hall–Kier alpha value is -3.88. The van der Waals surface area contributed by atoms with Crippen molar-refractivity contribution in [3.05, 3.63) is 89.0 Å². The molecule has 0 fully saturated rings. The second-order valence-electron chi connectivity index (χ2n) is 7.07. The number of amides is 2. The molecule has 0 spiro atoms. The molecule has 0 saturated carbocycles. The first-order valence-corrected chi connectivity index (χ1v) is 9.43. The Morgan fingerprint density at radius 3 is 2.68 bits per heavy atom. The van der Waals surface area contributed by atoms with Crippen molar-refractivity contribution in [2.24, 2.45) is 5.73 Å². The number of hydrogen-bond acceptors (Lipinski definition) is 5. The van der Waals surface area contributed by atoms with E-state index in [1.54, 1.807) is 31.2 Å².